The number of ether oxygens (including phenoxy) is 1. The molecule has 1 atom stereocenters. The predicted octanol–water partition coefficient (Wildman–Crippen LogP) is 2.40. The zero-order valence-electron chi connectivity index (χ0n) is 10.5. The number of halogens is 1. The van der Waals surface area contributed by atoms with Gasteiger partial charge in [-0.2, -0.15) is 5.26 Å². The molecule has 0 saturated carbocycles. The average molecular weight is 280 g/mol. The molecule has 1 fully saturated rings. The second kappa shape index (κ2) is 5.91. The molecule has 6 heteroatoms. The molecule has 0 radical (unpaired) electrons. The Morgan fingerprint density at radius 1 is 1.63 bits per heavy atom. The summed E-state index contributed by atoms with van der Waals surface area (Å²) in [5.41, 5.74) is 1.56. The summed E-state index contributed by atoms with van der Waals surface area (Å²) in [6.45, 7) is 2.99. The monoisotopic (exact) mass is 279 g/mol. The Balaban J connectivity index is 2.07. The van der Waals surface area contributed by atoms with E-state index in [1.807, 2.05) is 13.0 Å². The molecule has 1 heterocycles. The molecular weight excluding hydrogens is 266 g/mol. The van der Waals surface area contributed by atoms with Crippen LogP contribution in [0.5, 0.6) is 0 Å². The van der Waals surface area contributed by atoms with E-state index < -0.39 is 6.04 Å². The maximum absolute atomic E-state index is 12.1. The molecule has 5 nitrogen and oxygen atoms in total. The third-order valence-electron chi connectivity index (χ3n) is 2.96. The van der Waals surface area contributed by atoms with Crippen molar-refractivity contribution in [2.45, 2.75) is 13.0 Å². The van der Waals surface area contributed by atoms with Crippen LogP contribution in [-0.4, -0.2) is 36.7 Å². The van der Waals surface area contributed by atoms with Crippen LogP contribution in [0.15, 0.2) is 18.2 Å². The summed E-state index contributed by atoms with van der Waals surface area (Å²) in [7, 11) is 0. The van der Waals surface area contributed by atoms with Crippen LogP contribution < -0.4 is 5.32 Å². The van der Waals surface area contributed by atoms with Crippen molar-refractivity contribution in [2.24, 2.45) is 0 Å². The van der Waals surface area contributed by atoms with Gasteiger partial charge in [0.15, 0.2) is 0 Å². The van der Waals surface area contributed by atoms with E-state index in [0.29, 0.717) is 23.9 Å². The number of benzene rings is 1. The maximum Gasteiger partial charge on any atom is 0.323 e. The van der Waals surface area contributed by atoms with Gasteiger partial charge in [0.2, 0.25) is 0 Å². The van der Waals surface area contributed by atoms with Crippen LogP contribution in [0.1, 0.15) is 5.56 Å². The highest BCUT2D eigenvalue weighted by molar-refractivity contribution is 6.31. The van der Waals surface area contributed by atoms with Crippen molar-refractivity contribution < 1.29 is 9.53 Å². The van der Waals surface area contributed by atoms with E-state index in [1.165, 1.54) is 4.90 Å². The van der Waals surface area contributed by atoms with E-state index in [9.17, 15) is 4.79 Å². The summed E-state index contributed by atoms with van der Waals surface area (Å²) in [4.78, 5) is 13.6. The van der Waals surface area contributed by atoms with Crippen LogP contribution in [0.25, 0.3) is 0 Å². The average Bonchev–Trinajstić information content (AvgIpc) is 2.43. The number of hydrogen-bond donors (Lipinski definition) is 1. The molecule has 1 aliphatic rings. The Bertz CT molecular complexity index is 527. The second-order valence-electron chi connectivity index (χ2n) is 4.31. The van der Waals surface area contributed by atoms with E-state index in [0.717, 1.165) is 5.56 Å². The number of nitrogens with zero attached hydrogens (tertiary/aromatic N) is 2. The molecule has 0 aliphatic carbocycles. The predicted molar refractivity (Wildman–Crippen MR) is 72.1 cm³/mol. The smallest absolute Gasteiger partial charge is 0.323 e. The number of nitriles is 1. The van der Waals surface area contributed by atoms with Crippen molar-refractivity contribution in [3.8, 4) is 6.07 Å². The third kappa shape index (κ3) is 3.16. The molecule has 0 spiro atoms. The van der Waals surface area contributed by atoms with Crippen molar-refractivity contribution in [1.82, 2.24) is 4.90 Å². The number of amides is 2. The van der Waals surface area contributed by atoms with Crippen LogP contribution in [0.4, 0.5) is 10.5 Å². The summed E-state index contributed by atoms with van der Waals surface area (Å²) < 4.78 is 5.17. The SMILES string of the molecule is Cc1ccc(NC(=O)N2CCOCC2C#N)cc1Cl. The lowest BCUT2D eigenvalue weighted by Gasteiger charge is -2.31. The van der Waals surface area contributed by atoms with Gasteiger partial charge in [-0.1, -0.05) is 17.7 Å². The first-order valence-corrected chi connectivity index (χ1v) is 6.31. The lowest BCUT2D eigenvalue weighted by Crippen LogP contribution is -2.49. The third-order valence-corrected chi connectivity index (χ3v) is 3.37. The van der Waals surface area contributed by atoms with Crippen molar-refractivity contribution in [1.29, 1.82) is 5.26 Å². The molecule has 0 bridgehead atoms. The number of aryl methyl sites for hydroxylation is 1. The zero-order chi connectivity index (χ0) is 13.8. The first kappa shape index (κ1) is 13.7. The Labute approximate surface area is 116 Å². The van der Waals surface area contributed by atoms with Crippen LogP contribution in [0.3, 0.4) is 0 Å². The first-order chi connectivity index (χ1) is 9.11. The molecule has 1 aliphatic heterocycles. The summed E-state index contributed by atoms with van der Waals surface area (Å²) in [5.74, 6) is 0. The van der Waals surface area contributed by atoms with Crippen LogP contribution in [0.2, 0.25) is 5.02 Å². The van der Waals surface area contributed by atoms with E-state index in [-0.39, 0.29) is 12.6 Å². The standard InChI is InChI=1S/C13H14ClN3O2/c1-9-2-3-10(6-12(9)14)16-13(18)17-4-5-19-8-11(17)7-15/h2-3,6,11H,4-5,8H2,1H3,(H,16,18). The molecule has 100 valence electrons. The van der Waals surface area contributed by atoms with Gasteiger partial charge >= 0.3 is 6.03 Å². The van der Waals surface area contributed by atoms with Crippen molar-refractivity contribution in [3.63, 3.8) is 0 Å². The van der Waals surface area contributed by atoms with Crippen molar-refractivity contribution in [2.75, 3.05) is 25.1 Å². The summed E-state index contributed by atoms with van der Waals surface area (Å²) >= 11 is 6.00. The lowest BCUT2D eigenvalue weighted by molar-refractivity contribution is 0.0341. The molecule has 2 rings (SSSR count). The Morgan fingerprint density at radius 3 is 3.11 bits per heavy atom. The minimum absolute atomic E-state index is 0.249. The van der Waals surface area contributed by atoms with Gasteiger partial charge in [0, 0.05) is 17.3 Å². The Kier molecular flexibility index (Phi) is 4.25. The van der Waals surface area contributed by atoms with Gasteiger partial charge in [-0.15, -0.1) is 0 Å². The van der Waals surface area contributed by atoms with Gasteiger partial charge in [-0.05, 0) is 24.6 Å². The van der Waals surface area contributed by atoms with Gasteiger partial charge in [0.25, 0.3) is 0 Å². The number of hydrogen-bond acceptors (Lipinski definition) is 3. The van der Waals surface area contributed by atoms with Crippen molar-refractivity contribution in [3.05, 3.63) is 28.8 Å². The maximum atomic E-state index is 12.1. The quantitative estimate of drug-likeness (QED) is 0.858. The van der Waals surface area contributed by atoms with Gasteiger partial charge in [0.05, 0.1) is 19.3 Å². The zero-order valence-corrected chi connectivity index (χ0v) is 11.3. The van der Waals surface area contributed by atoms with Gasteiger partial charge in [0.1, 0.15) is 6.04 Å². The van der Waals surface area contributed by atoms with Crippen molar-refractivity contribution >= 4 is 23.3 Å². The fourth-order valence-corrected chi connectivity index (χ4v) is 2.00. The molecule has 1 aromatic rings. The second-order valence-corrected chi connectivity index (χ2v) is 4.71. The fourth-order valence-electron chi connectivity index (χ4n) is 1.82. The number of anilines is 1. The number of rotatable bonds is 1. The number of urea groups is 1. The van der Waals surface area contributed by atoms with Crippen LogP contribution in [-0.2, 0) is 4.74 Å². The van der Waals surface area contributed by atoms with Crippen LogP contribution >= 0.6 is 11.6 Å². The molecule has 1 unspecified atom stereocenters. The van der Waals surface area contributed by atoms with E-state index in [1.54, 1.807) is 12.1 Å². The van der Waals surface area contributed by atoms with E-state index in [2.05, 4.69) is 11.4 Å². The number of morpholine rings is 1. The molecule has 1 aromatic carbocycles. The highest BCUT2D eigenvalue weighted by Crippen LogP contribution is 2.20. The highest BCUT2D eigenvalue weighted by atomic mass is 35.5. The summed E-state index contributed by atoms with van der Waals surface area (Å²) in [5, 5.41) is 12.3. The van der Waals surface area contributed by atoms with Gasteiger partial charge in [-0.3, -0.25) is 0 Å². The molecule has 1 N–H and O–H groups in total. The molecule has 1 saturated heterocycles. The normalized spacial score (nSPS) is 18.8. The number of nitrogens with one attached hydrogen (secondary N) is 1. The molecular formula is C13H14ClN3O2. The van der Waals surface area contributed by atoms with Gasteiger partial charge < -0.3 is 15.0 Å². The molecule has 19 heavy (non-hydrogen) atoms. The fraction of sp³-hybridized carbons (Fsp3) is 0.385. The molecule has 0 aromatic heterocycles. The topological polar surface area (TPSA) is 65.4 Å². The first-order valence-electron chi connectivity index (χ1n) is 5.93. The summed E-state index contributed by atoms with van der Waals surface area (Å²) in [6, 6.07) is 6.50. The Morgan fingerprint density at radius 2 is 2.42 bits per heavy atom. The lowest BCUT2D eigenvalue weighted by atomic mass is 10.2. The minimum atomic E-state index is -0.547. The van der Waals surface area contributed by atoms with E-state index >= 15 is 0 Å². The Hall–Kier alpha value is -1.77. The highest BCUT2D eigenvalue weighted by Gasteiger charge is 2.27. The number of carbonyl (C=O) groups is 1. The van der Waals surface area contributed by atoms with Crippen LogP contribution in [0, 0.1) is 18.3 Å². The largest absolute Gasteiger partial charge is 0.376 e. The van der Waals surface area contributed by atoms with Gasteiger partial charge in [-0.25, -0.2) is 4.79 Å². The molecule has 2 amide bonds. The number of carbonyl (C=O) groups excluding carboxylic acids is 1. The minimum Gasteiger partial charge on any atom is -0.376 e. The summed E-state index contributed by atoms with van der Waals surface area (Å²) in [6.07, 6.45) is 0. The van der Waals surface area contributed by atoms with E-state index in [4.69, 9.17) is 21.6 Å².